The molecule has 3 rings (SSSR count). The molecule has 1 heterocycles. The first-order valence-electron chi connectivity index (χ1n) is 9.00. The SMILES string of the molecule is O=C(NCCn1nc(-c2ccc(F)cc2)ccc1=O)NC1CCCCC1. The fourth-order valence-electron chi connectivity index (χ4n) is 3.14. The normalized spacial score (nSPS) is 14.8. The molecule has 138 valence electrons. The molecule has 2 amide bonds. The van der Waals surface area contributed by atoms with Crippen LogP contribution in [-0.4, -0.2) is 28.4 Å². The van der Waals surface area contributed by atoms with Gasteiger partial charge in [-0.2, -0.15) is 5.10 Å². The van der Waals surface area contributed by atoms with E-state index in [1.807, 2.05) is 0 Å². The molecule has 26 heavy (non-hydrogen) atoms. The lowest BCUT2D eigenvalue weighted by molar-refractivity contribution is 0.232. The van der Waals surface area contributed by atoms with E-state index < -0.39 is 0 Å². The Labute approximate surface area is 151 Å². The second-order valence-corrected chi connectivity index (χ2v) is 6.52. The number of hydrogen-bond acceptors (Lipinski definition) is 3. The summed E-state index contributed by atoms with van der Waals surface area (Å²) in [5, 5.41) is 10.0. The van der Waals surface area contributed by atoms with Gasteiger partial charge in [0.2, 0.25) is 0 Å². The Morgan fingerprint density at radius 3 is 2.58 bits per heavy atom. The van der Waals surface area contributed by atoms with Gasteiger partial charge in [-0.1, -0.05) is 19.3 Å². The van der Waals surface area contributed by atoms with Gasteiger partial charge < -0.3 is 10.6 Å². The van der Waals surface area contributed by atoms with Crippen LogP contribution in [0.2, 0.25) is 0 Å². The van der Waals surface area contributed by atoms with Crippen LogP contribution in [0.4, 0.5) is 9.18 Å². The Morgan fingerprint density at radius 2 is 1.85 bits per heavy atom. The number of hydrogen-bond donors (Lipinski definition) is 2. The van der Waals surface area contributed by atoms with E-state index in [0.29, 0.717) is 12.2 Å². The van der Waals surface area contributed by atoms with Crippen LogP contribution in [-0.2, 0) is 6.54 Å². The van der Waals surface area contributed by atoms with E-state index >= 15 is 0 Å². The predicted octanol–water partition coefficient (Wildman–Crippen LogP) is 2.68. The molecule has 1 saturated carbocycles. The van der Waals surface area contributed by atoms with Crippen LogP contribution in [0, 0.1) is 5.82 Å². The molecule has 7 heteroatoms. The predicted molar refractivity (Wildman–Crippen MR) is 97.3 cm³/mol. The summed E-state index contributed by atoms with van der Waals surface area (Å²) in [6.45, 7) is 0.574. The van der Waals surface area contributed by atoms with Crippen molar-refractivity contribution in [2.75, 3.05) is 6.54 Å². The lowest BCUT2D eigenvalue weighted by Gasteiger charge is -2.22. The molecule has 0 aliphatic heterocycles. The molecule has 0 unspecified atom stereocenters. The monoisotopic (exact) mass is 358 g/mol. The number of nitrogens with one attached hydrogen (secondary N) is 2. The van der Waals surface area contributed by atoms with Gasteiger partial charge in [0.05, 0.1) is 12.2 Å². The molecule has 0 atom stereocenters. The summed E-state index contributed by atoms with van der Waals surface area (Å²) < 4.78 is 14.3. The van der Waals surface area contributed by atoms with E-state index in [1.165, 1.54) is 29.3 Å². The van der Waals surface area contributed by atoms with Crippen LogP contribution >= 0.6 is 0 Å². The van der Waals surface area contributed by atoms with E-state index in [2.05, 4.69) is 15.7 Å². The second kappa shape index (κ2) is 8.60. The van der Waals surface area contributed by atoms with E-state index in [9.17, 15) is 14.0 Å². The number of nitrogens with zero attached hydrogens (tertiary/aromatic N) is 2. The van der Waals surface area contributed by atoms with Crippen molar-refractivity contribution in [1.29, 1.82) is 0 Å². The van der Waals surface area contributed by atoms with Crippen molar-refractivity contribution in [3.8, 4) is 11.3 Å². The zero-order valence-corrected chi connectivity index (χ0v) is 14.6. The topological polar surface area (TPSA) is 76.0 Å². The minimum absolute atomic E-state index is 0.209. The number of carbonyl (C=O) groups excluding carboxylic acids is 1. The van der Waals surface area contributed by atoms with Crippen LogP contribution in [0.1, 0.15) is 32.1 Å². The first kappa shape index (κ1) is 18.1. The lowest BCUT2D eigenvalue weighted by Crippen LogP contribution is -2.44. The first-order chi connectivity index (χ1) is 12.6. The summed E-state index contributed by atoms with van der Waals surface area (Å²) in [5.74, 6) is -0.324. The molecular formula is C19H23FN4O2. The number of benzene rings is 1. The third-order valence-electron chi connectivity index (χ3n) is 4.56. The Balaban J connectivity index is 1.55. The Hall–Kier alpha value is -2.70. The summed E-state index contributed by atoms with van der Waals surface area (Å²) >= 11 is 0. The molecule has 1 aromatic heterocycles. The summed E-state index contributed by atoms with van der Waals surface area (Å²) in [6.07, 6.45) is 5.59. The quantitative estimate of drug-likeness (QED) is 0.863. The average molecular weight is 358 g/mol. The van der Waals surface area contributed by atoms with Crippen LogP contribution in [0.5, 0.6) is 0 Å². The fourth-order valence-corrected chi connectivity index (χ4v) is 3.14. The van der Waals surface area contributed by atoms with Crippen molar-refractivity contribution in [2.45, 2.75) is 44.7 Å². The summed E-state index contributed by atoms with van der Waals surface area (Å²) in [6, 6.07) is 8.99. The molecule has 6 nitrogen and oxygen atoms in total. The Kier molecular flexibility index (Phi) is 5.99. The van der Waals surface area contributed by atoms with Gasteiger partial charge in [-0.05, 0) is 43.2 Å². The average Bonchev–Trinajstić information content (AvgIpc) is 2.65. The molecule has 0 saturated heterocycles. The maximum atomic E-state index is 13.0. The van der Waals surface area contributed by atoms with Gasteiger partial charge in [-0.3, -0.25) is 4.79 Å². The van der Waals surface area contributed by atoms with Crippen molar-refractivity contribution < 1.29 is 9.18 Å². The first-order valence-corrected chi connectivity index (χ1v) is 9.00. The van der Waals surface area contributed by atoms with Gasteiger partial charge >= 0.3 is 6.03 Å². The number of aromatic nitrogens is 2. The van der Waals surface area contributed by atoms with Gasteiger partial charge in [-0.25, -0.2) is 13.9 Å². The van der Waals surface area contributed by atoms with E-state index in [-0.39, 0.29) is 30.0 Å². The zero-order valence-electron chi connectivity index (χ0n) is 14.6. The van der Waals surface area contributed by atoms with Crippen molar-refractivity contribution in [2.24, 2.45) is 0 Å². The minimum atomic E-state index is -0.324. The highest BCUT2D eigenvalue weighted by atomic mass is 19.1. The van der Waals surface area contributed by atoms with E-state index in [4.69, 9.17) is 0 Å². The van der Waals surface area contributed by atoms with Gasteiger partial charge in [0.25, 0.3) is 5.56 Å². The minimum Gasteiger partial charge on any atom is -0.336 e. The molecule has 0 bridgehead atoms. The highest BCUT2D eigenvalue weighted by Gasteiger charge is 2.15. The Morgan fingerprint density at radius 1 is 1.12 bits per heavy atom. The van der Waals surface area contributed by atoms with Crippen LogP contribution in [0.25, 0.3) is 11.3 Å². The van der Waals surface area contributed by atoms with Gasteiger partial charge in [0.1, 0.15) is 5.82 Å². The fraction of sp³-hybridized carbons (Fsp3) is 0.421. The number of rotatable bonds is 5. The third-order valence-corrected chi connectivity index (χ3v) is 4.56. The Bertz CT molecular complexity index is 798. The van der Waals surface area contributed by atoms with Crippen molar-refractivity contribution in [3.63, 3.8) is 0 Å². The van der Waals surface area contributed by atoms with Gasteiger partial charge in [0.15, 0.2) is 0 Å². The van der Waals surface area contributed by atoms with Crippen LogP contribution < -0.4 is 16.2 Å². The molecule has 0 radical (unpaired) electrons. The number of halogens is 1. The maximum Gasteiger partial charge on any atom is 0.315 e. The number of carbonyl (C=O) groups is 1. The zero-order chi connectivity index (χ0) is 18.4. The van der Waals surface area contributed by atoms with Gasteiger partial charge in [-0.15, -0.1) is 0 Å². The highest BCUT2D eigenvalue weighted by molar-refractivity contribution is 5.74. The smallest absolute Gasteiger partial charge is 0.315 e. The molecule has 2 aromatic rings. The maximum absolute atomic E-state index is 13.0. The third kappa shape index (κ3) is 4.91. The number of amides is 2. The molecule has 0 spiro atoms. The largest absolute Gasteiger partial charge is 0.336 e. The van der Waals surface area contributed by atoms with Crippen LogP contribution in [0.3, 0.4) is 0 Å². The van der Waals surface area contributed by atoms with E-state index in [1.54, 1.807) is 18.2 Å². The highest BCUT2D eigenvalue weighted by Crippen LogP contribution is 2.17. The molecular weight excluding hydrogens is 335 g/mol. The molecule has 1 fully saturated rings. The summed E-state index contributed by atoms with van der Waals surface area (Å²) in [4.78, 5) is 23.9. The molecule has 1 aromatic carbocycles. The lowest BCUT2D eigenvalue weighted by atomic mass is 9.96. The molecule has 1 aliphatic carbocycles. The summed E-state index contributed by atoms with van der Waals surface area (Å²) in [7, 11) is 0. The van der Waals surface area contributed by atoms with Gasteiger partial charge in [0, 0.05) is 24.2 Å². The van der Waals surface area contributed by atoms with Crippen molar-refractivity contribution in [1.82, 2.24) is 20.4 Å². The standard InChI is InChI=1S/C19H23FN4O2/c20-15-8-6-14(7-9-15)17-10-11-18(25)24(23-17)13-12-21-19(26)22-16-4-2-1-3-5-16/h6-11,16H,1-5,12-13H2,(H2,21,22,26). The molecule has 1 aliphatic rings. The summed E-state index contributed by atoms with van der Waals surface area (Å²) in [5.41, 5.74) is 1.06. The second-order valence-electron chi connectivity index (χ2n) is 6.52. The van der Waals surface area contributed by atoms with Crippen molar-refractivity contribution in [3.05, 3.63) is 52.6 Å². The molecule has 2 N–H and O–H groups in total. The van der Waals surface area contributed by atoms with Crippen molar-refractivity contribution >= 4 is 6.03 Å². The number of urea groups is 1. The van der Waals surface area contributed by atoms with Crippen LogP contribution in [0.15, 0.2) is 41.2 Å². The van der Waals surface area contributed by atoms with E-state index in [0.717, 1.165) is 31.2 Å².